The number of allylic oxidation sites excluding steroid dienone is 2. The van der Waals surface area contributed by atoms with E-state index in [-0.39, 0.29) is 25.7 Å². The third kappa shape index (κ3) is 10.7. The number of nitrogens with zero attached hydrogens (tertiary/aromatic N) is 1. The number of benzene rings is 3. The van der Waals surface area contributed by atoms with Crippen LogP contribution in [0.15, 0.2) is 72.8 Å². The molecule has 6 nitrogen and oxygen atoms in total. The van der Waals surface area contributed by atoms with Gasteiger partial charge in [-0.1, -0.05) is 56.2 Å². The van der Waals surface area contributed by atoms with Crippen LogP contribution >= 0.6 is 0 Å². The van der Waals surface area contributed by atoms with Crippen molar-refractivity contribution < 1.29 is 26.5 Å². The van der Waals surface area contributed by atoms with Gasteiger partial charge in [0.05, 0.1) is 18.5 Å². The van der Waals surface area contributed by atoms with Crippen LogP contribution in [0.5, 0.6) is 5.75 Å². The highest BCUT2D eigenvalue weighted by Gasteiger charge is 2.20. The van der Waals surface area contributed by atoms with Gasteiger partial charge in [-0.05, 0) is 60.0 Å². The lowest BCUT2D eigenvalue weighted by Gasteiger charge is -2.25. The number of terminal acetylenes is 1. The van der Waals surface area contributed by atoms with Crippen LogP contribution in [-0.4, -0.2) is 33.8 Å². The summed E-state index contributed by atoms with van der Waals surface area (Å²) in [5.41, 5.74) is 4.55. The first-order chi connectivity index (χ1) is 19.1. The fourth-order valence-electron chi connectivity index (χ4n) is 3.45. The molecule has 1 amide bonds. The van der Waals surface area contributed by atoms with E-state index in [1.54, 1.807) is 6.07 Å². The van der Waals surface area contributed by atoms with Crippen molar-refractivity contribution in [2.75, 3.05) is 24.4 Å². The van der Waals surface area contributed by atoms with Crippen molar-refractivity contribution in [2.24, 2.45) is 0 Å². The Kier molecular flexibility index (Phi) is 12.6. The zero-order chi connectivity index (χ0) is 29.7. The Balaban J connectivity index is 0.000000475. The summed E-state index contributed by atoms with van der Waals surface area (Å²) in [6.07, 6.45) is 9.99. The molecule has 210 valence electrons. The third-order valence-corrected chi connectivity index (χ3v) is 5.95. The van der Waals surface area contributed by atoms with E-state index in [9.17, 15) is 17.6 Å². The normalized spacial score (nSPS) is 11.5. The number of ether oxygens (including phenoxy) is 1. The van der Waals surface area contributed by atoms with Gasteiger partial charge >= 0.3 is 0 Å². The highest BCUT2D eigenvalue weighted by atomic mass is 32.2. The lowest BCUT2D eigenvalue weighted by molar-refractivity contribution is -0.116. The van der Waals surface area contributed by atoms with Crippen LogP contribution in [0.1, 0.15) is 43.0 Å². The minimum atomic E-state index is -3.56. The molecule has 0 bridgehead atoms. The van der Waals surface area contributed by atoms with E-state index in [4.69, 9.17) is 15.3 Å². The lowest BCUT2D eigenvalue weighted by Crippen LogP contribution is -2.29. The second-order valence-electron chi connectivity index (χ2n) is 8.37. The number of rotatable bonds is 9. The highest BCUT2D eigenvalue weighted by Crippen LogP contribution is 2.34. The van der Waals surface area contributed by atoms with Gasteiger partial charge in [-0.2, -0.15) is 8.42 Å². The Morgan fingerprint density at radius 1 is 1.05 bits per heavy atom. The van der Waals surface area contributed by atoms with Crippen LogP contribution in [0.4, 0.5) is 10.1 Å². The van der Waals surface area contributed by atoms with Gasteiger partial charge in [0.25, 0.3) is 10.1 Å². The molecule has 4 rings (SSSR count). The predicted molar refractivity (Wildman–Crippen MR) is 158 cm³/mol. The van der Waals surface area contributed by atoms with Crippen LogP contribution in [0.25, 0.3) is 5.57 Å². The molecule has 1 aliphatic rings. The van der Waals surface area contributed by atoms with Crippen molar-refractivity contribution in [3.63, 3.8) is 0 Å². The van der Waals surface area contributed by atoms with E-state index in [1.807, 2.05) is 68.8 Å². The van der Waals surface area contributed by atoms with E-state index in [0.717, 1.165) is 23.0 Å². The standard InChI is InChI=1S/C22H22FNO5S.C8H6.C2H6/c1-15-4-8-20(23)13-21(15)24(16(2)25)14-19-12-18(17-5-6-17)7-9-22(19)28-10-11-29-30(3,26)27;1-2-8-6-4-3-5-7-8;1-2/h4-9,12-13H,1,10-11,14H2,2-3H3;1,3-7H;1-2H3. The smallest absolute Gasteiger partial charge is 0.264 e. The molecule has 3 aromatic carbocycles. The third-order valence-electron chi connectivity index (χ3n) is 5.35. The van der Waals surface area contributed by atoms with Crippen molar-refractivity contribution in [1.29, 1.82) is 0 Å². The highest BCUT2D eigenvalue weighted by molar-refractivity contribution is 7.85. The molecule has 3 aromatic rings. The number of hydrogen-bond acceptors (Lipinski definition) is 5. The van der Waals surface area contributed by atoms with E-state index in [1.165, 1.54) is 30.0 Å². The minimum absolute atomic E-state index is 0.00879. The Hall–Kier alpha value is -3.93. The molecule has 40 heavy (non-hydrogen) atoms. The second kappa shape index (κ2) is 15.6. The summed E-state index contributed by atoms with van der Waals surface area (Å²) in [6.45, 7) is 9.29. The summed E-state index contributed by atoms with van der Waals surface area (Å²) in [5.74, 6) is 2.26. The number of carbonyl (C=O) groups is 1. The average Bonchev–Trinajstić information content (AvgIpc) is 3.79. The summed E-state index contributed by atoms with van der Waals surface area (Å²) in [5, 5.41) is 0. The minimum Gasteiger partial charge on any atom is -0.491 e. The number of amides is 1. The molecule has 0 aromatic heterocycles. The SMILES string of the molecule is C#Cc1ccccc1.CC.[CH2]c1ccc(F)cc1N(Cc1cc(C2=C[CH]2)ccc1OCCOS(C)(=O)=O)C(C)=O. The molecule has 0 unspecified atom stereocenters. The molecule has 2 radical (unpaired) electrons. The average molecular weight is 564 g/mol. The molecular weight excluding hydrogens is 529 g/mol. The predicted octanol–water partition coefficient (Wildman–Crippen LogP) is 6.21. The first-order valence-electron chi connectivity index (χ1n) is 12.6. The van der Waals surface area contributed by atoms with E-state index >= 15 is 0 Å². The van der Waals surface area contributed by atoms with Crippen molar-refractivity contribution in [2.45, 2.75) is 27.3 Å². The Labute approximate surface area is 237 Å². The van der Waals surface area contributed by atoms with Crippen LogP contribution in [0, 0.1) is 31.5 Å². The van der Waals surface area contributed by atoms with Gasteiger partial charge in [0.15, 0.2) is 0 Å². The number of halogens is 1. The van der Waals surface area contributed by atoms with Gasteiger partial charge in [-0.25, -0.2) is 4.39 Å². The van der Waals surface area contributed by atoms with Crippen LogP contribution in [0.3, 0.4) is 0 Å². The molecule has 0 aliphatic heterocycles. The molecule has 0 saturated heterocycles. The summed E-state index contributed by atoms with van der Waals surface area (Å²) >= 11 is 0. The molecule has 0 spiro atoms. The quantitative estimate of drug-likeness (QED) is 0.176. The summed E-state index contributed by atoms with van der Waals surface area (Å²) < 4.78 is 46.4. The zero-order valence-corrected chi connectivity index (χ0v) is 24.0. The van der Waals surface area contributed by atoms with Crippen molar-refractivity contribution in [3.8, 4) is 18.1 Å². The van der Waals surface area contributed by atoms with E-state index in [2.05, 4.69) is 12.8 Å². The van der Waals surface area contributed by atoms with Gasteiger partial charge in [-0.3, -0.25) is 8.98 Å². The van der Waals surface area contributed by atoms with Crippen molar-refractivity contribution in [3.05, 3.63) is 114 Å². The first-order valence-corrected chi connectivity index (χ1v) is 14.5. The van der Waals surface area contributed by atoms with E-state index in [0.29, 0.717) is 22.6 Å². The van der Waals surface area contributed by atoms with Gasteiger partial charge in [0.2, 0.25) is 5.91 Å². The molecule has 0 atom stereocenters. The molecule has 0 heterocycles. The van der Waals surface area contributed by atoms with Gasteiger partial charge in [0, 0.05) is 24.5 Å². The van der Waals surface area contributed by atoms with Gasteiger partial charge < -0.3 is 9.64 Å². The van der Waals surface area contributed by atoms with Gasteiger partial charge in [-0.15, -0.1) is 6.42 Å². The lowest BCUT2D eigenvalue weighted by atomic mass is 10.1. The summed E-state index contributed by atoms with van der Waals surface area (Å²) in [6, 6.07) is 19.2. The van der Waals surface area contributed by atoms with Gasteiger partial charge in [0.1, 0.15) is 24.8 Å². The monoisotopic (exact) mass is 563 g/mol. The number of carbonyl (C=O) groups excluding carboxylic acids is 1. The maximum atomic E-state index is 13.8. The number of anilines is 1. The maximum Gasteiger partial charge on any atom is 0.264 e. The Morgan fingerprint density at radius 3 is 2.27 bits per heavy atom. The Morgan fingerprint density at radius 2 is 1.73 bits per heavy atom. The van der Waals surface area contributed by atoms with E-state index < -0.39 is 15.9 Å². The largest absolute Gasteiger partial charge is 0.491 e. The molecule has 0 N–H and O–H groups in total. The second-order valence-corrected chi connectivity index (χ2v) is 10.0. The molecule has 0 fully saturated rings. The molecule has 8 heteroatoms. The Bertz CT molecular complexity index is 1460. The summed E-state index contributed by atoms with van der Waals surface area (Å²) in [4.78, 5) is 13.8. The number of hydrogen-bond donors (Lipinski definition) is 0. The fourth-order valence-corrected chi connectivity index (χ4v) is 3.82. The van der Waals surface area contributed by atoms with Crippen molar-refractivity contribution in [1.82, 2.24) is 0 Å². The van der Waals surface area contributed by atoms with Crippen LogP contribution in [-0.2, 0) is 25.6 Å². The summed E-state index contributed by atoms with van der Waals surface area (Å²) in [7, 11) is -3.56. The maximum absolute atomic E-state index is 13.8. The van der Waals surface area contributed by atoms with Crippen LogP contribution in [0.2, 0.25) is 0 Å². The van der Waals surface area contributed by atoms with Crippen molar-refractivity contribution >= 4 is 27.3 Å². The molecule has 0 saturated carbocycles. The topological polar surface area (TPSA) is 72.9 Å². The molecular formula is C32H34FNO5S. The molecule has 1 aliphatic carbocycles. The first kappa shape index (κ1) is 32.3. The van der Waals surface area contributed by atoms with Crippen LogP contribution < -0.4 is 9.64 Å². The zero-order valence-electron chi connectivity index (χ0n) is 23.2. The fraction of sp³-hybridized carbons (Fsp3) is 0.219.